The Labute approximate surface area is 176 Å². The largest absolute Gasteiger partial charge is 0.509 e. The SMILES string of the molecule is CC1(C)O[C@@H]2CC[C@@]3(C)O[C@H]([C@@]4(C)COC(=O)O4)CC[C@@H]3O[C@@]2(C)CC[C@H]1Br. The molecule has 28 heavy (non-hydrogen) atoms. The van der Waals surface area contributed by atoms with E-state index in [1.807, 2.05) is 6.92 Å². The summed E-state index contributed by atoms with van der Waals surface area (Å²) in [5.74, 6) is 0. The lowest BCUT2D eigenvalue weighted by Gasteiger charge is -2.48. The van der Waals surface area contributed by atoms with Gasteiger partial charge in [0.25, 0.3) is 0 Å². The molecule has 4 heterocycles. The summed E-state index contributed by atoms with van der Waals surface area (Å²) in [7, 11) is 0. The van der Waals surface area contributed by atoms with Crippen molar-refractivity contribution in [1.82, 2.24) is 0 Å². The highest BCUT2D eigenvalue weighted by Crippen LogP contribution is 2.49. The Kier molecular flexibility index (Phi) is 5.09. The van der Waals surface area contributed by atoms with Gasteiger partial charge in [0.2, 0.25) is 0 Å². The highest BCUT2D eigenvalue weighted by Gasteiger charge is 2.57. The molecular weight excluding hydrogens is 428 g/mol. The smallest absolute Gasteiger partial charge is 0.430 e. The van der Waals surface area contributed by atoms with Crippen LogP contribution < -0.4 is 0 Å². The molecule has 0 aromatic rings. The van der Waals surface area contributed by atoms with E-state index in [1.165, 1.54) is 0 Å². The number of alkyl halides is 1. The maximum absolute atomic E-state index is 11.5. The molecule has 4 fully saturated rings. The number of hydrogen-bond donors (Lipinski definition) is 0. The van der Waals surface area contributed by atoms with Crippen LogP contribution in [0.3, 0.4) is 0 Å². The zero-order valence-corrected chi connectivity index (χ0v) is 19.2. The average molecular weight is 461 g/mol. The van der Waals surface area contributed by atoms with Crippen molar-refractivity contribution >= 4 is 22.1 Å². The van der Waals surface area contributed by atoms with Gasteiger partial charge in [0.05, 0.1) is 29.0 Å². The van der Waals surface area contributed by atoms with E-state index in [-0.39, 0.29) is 36.1 Å². The van der Waals surface area contributed by atoms with E-state index in [1.54, 1.807) is 0 Å². The first-order valence-corrected chi connectivity index (χ1v) is 11.4. The second kappa shape index (κ2) is 6.82. The van der Waals surface area contributed by atoms with Crippen LogP contribution in [0.1, 0.15) is 73.1 Å². The Morgan fingerprint density at radius 2 is 1.32 bits per heavy atom. The molecule has 0 aromatic carbocycles. The molecule has 7 heteroatoms. The molecule has 0 bridgehead atoms. The molecule has 4 saturated heterocycles. The van der Waals surface area contributed by atoms with Crippen molar-refractivity contribution in [1.29, 1.82) is 0 Å². The second-order valence-corrected chi connectivity index (χ2v) is 11.2. The van der Waals surface area contributed by atoms with Crippen LogP contribution in [-0.4, -0.2) is 58.3 Å². The maximum atomic E-state index is 11.5. The molecule has 7 atom stereocenters. The number of hydrogen-bond acceptors (Lipinski definition) is 6. The van der Waals surface area contributed by atoms with Crippen LogP contribution in [-0.2, 0) is 23.7 Å². The summed E-state index contributed by atoms with van der Waals surface area (Å²) >= 11 is 3.81. The lowest BCUT2D eigenvalue weighted by atomic mass is 9.82. The van der Waals surface area contributed by atoms with Gasteiger partial charge in [-0.3, -0.25) is 0 Å². The summed E-state index contributed by atoms with van der Waals surface area (Å²) in [4.78, 5) is 11.8. The molecular formula is C21H33BrO6. The second-order valence-electron chi connectivity index (χ2n) is 10.1. The van der Waals surface area contributed by atoms with Gasteiger partial charge in [0.15, 0.2) is 5.60 Å². The minimum Gasteiger partial charge on any atom is -0.430 e. The molecule has 4 aliphatic heterocycles. The average Bonchev–Trinajstić information content (AvgIpc) is 2.89. The number of cyclic esters (lactones) is 2. The zero-order valence-electron chi connectivity index (χ0n) is 17.6. The monoisotopic (exact) mass is 460 g/mol. The molecule has 4 aliphatic rings. The molecule has 0 aliphatic carbocycles. The number of halogens is 1. The Hall–Kier alpha value is -0.370. The third-order valence-electron chi connectivity index (χ3n) is 7.35. The lowest BCUT2D eigenvalue weighted by molar-refractivity contribution is -0.256. The van der Waals surface area contributed by atoms with Crippen LogP contribution in [0, 0.1) is 0 Å². The summed E-state index contributed by atoms with van der Waals surface area (Å²) in [5, 5.41) is 0. The molecule has 0 radical (unpaired) electrons. The lowest BCUT2D eigenvalue weighted by Crippen LogP contribution is -2.57. The van der Waals surface area contributed by atoms with E-state index in [4.69, 9.17) is 23.7 Å². The van der Waals surface area contributed by atoms with Gasteiger partial charge in [0.1, 0.15) is 12.7 Å². The van der Waals surface area contributed by atoms with Crippen molar-refractivity contribution in [3.8, 4) is 0 Å². The third kappa shape index (κ3) is 3.50. The van der Waals surface area contributed by atoms with Crippen LogP contribution in [0.5, 0.6) is 0 Å². The summed E-state index contributed by atoms with van der Waals surface area (Å²) in [6, 6.07) is 0. The molecule has 0 amide bonds. The van der Waals surface area contributed by atoms with E-state index in [0.29, 0.717) is 4.83 Å². The van der Waals surface area contributed by atoms with Crippen molar-refractivity contribution in [2.24, 2.45) is 0 Å². The molecule has 0 aromatic heterocycles. The van der Waals surface area contributed by atoms with Gasteiger partial charge in [-0.1, -0.05) is 15.9 Å². The van der Waals surface area contributed by atoms with Crippen molar-refractivity contribution in [2.45, 2.75) is 119 Å². The summed E-state index contributed by atoms with van der Waals surface area (Å²) in [6.45, 7) is 10.8. The minimum atomic E-state index is -0.729. The Morgan fingerprint density at radius 1 is 0.786 bits per heavy atom. The van der Waals surface area contributed by atoms with E-state index in [2.05, 4.69) is 43.6 Å². The minimum absolute atomic E-state index is 0.000962. The van der Waals surface area contributed by atoms with E-state index < -0.39 is 17.4 Å². The molecule has 0 unspecified atom stereocenters. The number of fused-ring (bicyclic) bond motifs is 2. The predicted octanol–water partition coefficient (Wildman–Crippen LogP) is 4.51. The van der Waals surface area contributed by atoms with Crippen LogP contribution in [0.25, 0.3) is 0 Å². The number of carbonyl (C=O) groups is 1. The molecule has 0 saturated carbocycles. The van der Waals surface area contributed by atoms with E-state index in [0.717, 1.165) is 38.5 Å². The third-order valence-corrected chi connectivity index (χ3v) is 8.91. The van der Waals surface area contributed by atoms with Crippen LogP contribution in [0.2, 0.25) is 0 Å². The fraction of sp³-hybridized carbons (Fsp3) is 0.952. The van der Waals surface area contributed by atoms with Gasteiger partial charge < -0.3 is 23.7 Å². The fourth-order valence-corrected chi connectivity index (χ4v) is 5.58. The van der Waals surface area contributed by atoms with Gasteiger partial charge in [-0.25, -0.2) is 4.79 Å². The summed E-state index contributed by atoms with van der Waals surface area (Å²) < 4.78 is 30.5. The van der Waals surface area contributed by atoms with Gasteiger partial charge >= 0.3 is 6.16 Å². The topological polar surface area (TPSA) is 63.2 Å². The first-order valence-electron chi connectivity index (χ1n) is 10.5. The number of ether oxygens (including phenoxy) is 5. The molecule has 0 N–H and O–H groups in total. The molecule has 4 rings (SSSR count). The van der Waals surface area contributed by atoms with E-state index >= 15 is 0 Å². The predicted molar refractivity (Wildman–Crippen MR) is 107 cm³/mol. The van der Waals surface area contributed by atoms with Crippen molar-refractivity contribution < 1.29 is 28.5 Å². The van der Waals surface area contributed by atoms with E-state index in [9.17, 15) is 4.79 Å². The molecule has 0 spiro atoms. The Morgan fingerprint density at radius 3 is 1.89 bits per heavy atom. The van der Waals surface area contributed by atoms with Crippen LogP contribution in [0.4, 0.5) is 4.79 Å². The normalized spacial score (nSPS) is 51.1. The molecule has 6 nitrogen and oxygen atoms in total. The summed E-state index contributed by atoms with van der Waals surface area (Å²) in [6.07, 6.45) is 4.58. The van der Waals surface area contributed by atoms with Crippen molar-refractivity contribution in [3.05, 3.63) is 0 Å². The number of rotatable bonds is 1. The highest BCUT2D eigenvalue weighted by atomic mass is 79.9. The highest BCUT2D eigenvalue weighted by molar-refractivity contribution is 9.09. The van der Waals surface area contributed by atoms with Gasteiger partial charge in [-0.15, -0.1) is 0 Å². The van der Waals surface area contributed by atoms with Crippen LogP contribution in [0.15, 0.2) is 0 Å². The maximum Gasteiger partial charge on any atom is 0.509 e. The van der Waals surface area contributed by atoms with Crippen LogP contribution >= 0.6 is 15.9 Å². The van der Waals surface area contributed by atoms with Gasteiger partial charge in [-0.2, -0.15) is 0 Å². The Bertz CT molecular complexity index is 640. The standard InChI is InChI=1S/C21H33BrO6/c1-18(2)13(22)8-10-19(3)16(25-18)9-11-20(4)14(26-19)6-7-15(27-20)21(5)12-24-17(23)28-21/h13-16H,6-12H2,1-5H3/t13-,14+,15+,16-,19+,20-,21-/m1/s1. The first-order chi connectivity index (χ1) is 13.0. The van der Waals surface area contributed by atoms with Crippen molar-refractivity contribution in [2.75, 3.05) is 6.61 Å². The van der Waals surface area contributed by atoms with Gasteiger partial charge in [-0.05, 0) is 73.1 Å². The van der Waals surface area contributed by atoms with Crippen molar-refractivity contribution in [3.63, 3.8) is 0 Å². The molecule has 160 valence electrons. The Balaban J connectivity index is 1.55. The zero-order chi connectivity index (χ0) is 20.4. The van der Waals surface area contributed by atoms with Gasteiger partial charge in [0, 0.05) is 4.83 Å². The first kappa shape index (κ1) is 20.9. The summed E-state index contributed by atoms with van der Waals surface area (Å²) in [5.41, 5.74) is -1.73. The fourth-order valence-electron chi connectivity index (χ4n) is 5.24. The number of carbonyl (C=O) groups excluding carboxylic acids is 1. The quantitative estimate of drug-likeness (QED) is 0.423.